The van der Waals surface area contributed by atoms with Crippen molar-refractivity contribution >= 4 is 35.0 Å². The molecule has 0 spiro atoms. The maximum absolute atomic E-state index is 13.3. The van der Waals surface area contributed by atoms with Gasteiger partial charge in [-0.3, -0.25) is 9.59 Å². The van der Waals surface area contributed by atoms with Gasteiger partial charge in [0, 0.05) is 22.7 Å². The highest BCUT2D eigenvalue weighted by molar-refractivity contribution is 8.00. The Morgan fingerprint density at radius 2 is 1.44 bits per heavy atom. The second-order valence-electron chi connectivity index (χ2n) is 9.17. The van der Waals surface area contributed by atoms with E-state index in [1.165, 1.54) is 11.8 Å². The molecule has 3 rings (SSSR count). The Morgan fingerprint density at radius 3 is 2.03 bits per heavy atom. The van der Waals surface area contributed by atoms with Crippen LogP contribution in [0.15, 0.2) is 83.8 Å². The third-order valence-corrected chi connectivity index (χ3v) is 6.12. The fourth-order valence-electron chi connectivity index (χ4n) is 3.35. The lowest BCUT2D eigenvalue weighted by Gasteiger charge is -2.18. The fraction of sp³-hybridized carbons (Fsp3) is 0.286. The summed E-state index contributed by atoms with van der Waals surface area (Å²) in [7, 11) is 0. The zero-order chi connectivity index (χ0) is 24.6. The van der Waals surface area contributed by atoms with E-state index >= 15 is 0 Å². The fourth-order valence-corrected chi connectivity index (χ4v) is 4.37. The molecule has 3 aromatic rings. The van der Waals surface area contributed by atoms with Crippen LogP contribution in [0.3, 0.4) is 0 Å². The van der Waals surface area contributed by atoms with Crippen molar-refractivity contribution < 1.29 is 14.3 Å². The van der Waals surface area contributed by atoms with Crippen molar-refractivity contribution in [2.45, 2.75) is 44.3 Å². The molecule has 0 aliphatic heterocycles. The summed E-state index contributed by atoms with van der Waals surface area (Å²) in [4.78, 5) is 26.4. The normalized spacial score (nSPS) is 12.0. The lowest BCUT2D eigenvalue weighted by molar-refractivity contribution is -0.118. The van der Waals surface area contributed by atoms with Gasteiger partial charge in [-0.1, -0.05) is 51.1 Å². The van der Waals surface area contributed by atoms with Crippen molar-refractivity contribution in [2.75, 3.05) is 17.2 Å². The maximum Gasteiger partial charge on any atom is 0.242 e. The molecule has 1 atom stereocenters. The molecule has 0 aliphatic rings. The summed E-state index contributed by atoms with van der Waals surface area (Å²) in [6.07, 6.45) is 0.450. The Kier molecular flexibility index (Phi) is 8.77. The number of benzene rings is 3. The average molecular weight is 477 g/mol. The molecule has 2 amide bonds. The summed E-state index contributed by atoms with van der Waals surface area (Å²) < 4.78 is 5.48. The molecule has 178 valence electrons. The molecule has 0 saturated heterocycles. The molecule has 1 unspecified atom stereocenters. The SMILES string of the molecule is CCOc1ccc(NC(=O)C(Sc2ccc(NC(=O)CC(C)(C)C)cc2)c2ccccc2)cc1. The first-order valence-electron chi connectivity index (χ1n) is 11.4. The third kappa shape index (κ3) is 7.96. The highest BCUT2D eigenvalue weighted by atomic mass is 32.2. The molecular weight excluding hydrogens is 444 g/mol. The summed E-state index contributed by atoms with van der Waals surface area (Å²) >= 11 is 1.47. The van der Waals surface area contributed by atoms with Gasteiger partial charge >= 0.3 is 0 Å². The number of hydrogen-bond acceptors (Lipinski definition) is 4. The van der Waals surface area contributed by atoms with Crippen molar-refractivity contribution in [1.82, 2.24) is 0 Å². The third-order valence-electron chi connectivity index (χ3n) is 4.86. The lowest BCUT2D eigenvalue weighted by Crippen LogP contribution is -2.19. The number of rotatable bonds is 9. The Morgan fingerprint density at radius 1 is 0.853 bits per heavy atom. The van der Waals surface area contributed by atoms with E-state index in [-0.39, 0.29) is 17.2 Å². The quantitative estimate of drug-likeness (QED) is 0.329. The van der Waals surface area contributed by atoms with Crippen LogP contribution in [0.25, 0.3) is 0 Å². The molecule has 34 heavy (non-hydrogen) atoms. The van der Waals surface area contributed by atoms with Crippen molar-refractivity contribution in [3.63, 3.8) is 0 Å². The zero-order valence-electron chi connectivity index (χ0n) is 20.1. The van der Waals surface area contributed by atoms with E-state index in [1.54, 1.807) is 0 Å². The van der Waals surface area contributed by atoms with E-state index < -0.39 is 5.25 Å². The zero-order valence-corrected chi connectivity index (χ0v) is 20.9. The van der Waals surface area contributed by atoms with Gasteiger partial charge < -0.3 is 15.4 Å². The molecule has 0 aliphatic carbocycles. The van der Waals surface area contributed by atoms with Crippen LogP contribution in [-0.4, -0.2) is 18.4 Å². The molecule has 0 heterocycles. The van der Waals surface area contributed by atoms with Gasteiger partial charge in [0.1, 0.15) is 11.0 Å². The largest absolute Gasteiger partial charge is 0.494 e. The van der Waals surface area contributed by atoms with Crippen LogP contribution in [0.4, 0.5) is 11.4 Å². The monoisotopic (exact) mass is 476 g/mol. The van der Waals surface area contributed by atoms with E-state index in [2.05, 4.69) is 10.6 Å². The smallest absolute Gasteiger partial charge is 0.242 e. The Hall–Kier alpha value is -3.25. The number of ether oxygens (including phenoxy) is 1. The van der Waals surface area contributed by atoms with Gasteiger partial charge in [-0.05, 0) is 66.4 Å². The van der Waals surface area contributed by atoms with Gasteiger partial charge in [0.05, 0.1) is 6.61 Å². The highest BCUT2D eigenvalue weighted by Gasteiger charge is 2.22. The predicted octanol–water partition coefficient (Wildman–Crippen LogP) is 6.93. The van der Waals surface area contributed by atoms with Crippen LogP contribution in [0.2, 0.25) is 0 Å². The van der Waals surface area contributed by atoms with Crippen LogP contribution in [0.5, 0.6) is 5.75 Å². The molecule has 2 N–H and O–H groups in total. The number of nitrogens with one attached hydrogen (secondary N) is 2. The van der Waals surface area contributed by atoms with Crippen molar-refractivity contribution in [3.05, 3.63) is 84.4 Å². The minimum Gasteiger partial charge on any atom is -0.494 e. The molecular formula is C28H32N2O3S. The minimum absolute atomic E-state index is 0.00945. The number of thioether (sulfide) groups is 1. The van der Waals surface area contributed by atoms with E-state index in [9.17, 15) is 9.59 Å². The lowest BCUT2D eigenvalue weighted by atomic mass is 9.92. The Balaban J connectivity index is 1.71. The summed E-state index contributed by atoms with van der Waals surface area (Å²) in [6, 6.07) is 24.7. The number of amides is 2. The highest BCUT2D eigenvalue weighted by Crippen LogP contribution is 2.37. The molecule has 0 fully saturated rings. The van der Waals surface area contributed by atoms with Crippen LogP contribution >= 0.6 is 11.8 Å². The van der Waals surface area contributed by atoms with Gasteiger partial charge in [-0.25, -0.2) is 0 Å². The van der Waals surface area contributed by atoms with Gasteiger partial charge in [0.2, 0.25) is 11.8 Å². The first-order chi connectivity index (χ1) is 16.2. The molecule has 3 aromatic carbocycles. The minimum atomic E-state index is -0.436. The second kappa shape index (κ2) is 11.7. The predicted molar refractivity (Wildman–Crippen MR) is 140 cm³/mol. The van der Waals surface area contributed by atoms with Crippen molar-refractivity contribution in [2.24, 2.45) is 5.41 Å². The summed E-state index contributed by atoms with van der Waals surface area (Å²) in [6.45, 7) is 8.64. The Labute approximate surface area is 206 Å². The number of anilines is 2. The van der Waals surface area contributed by atoms with Crippen LogP contribution in [-0.2, 0) is 9.59 Å². The second-order valence-corrected chi connectivity index (χ2v) is 10.3. The number of carbonyl (C=O) groups is 2. The number of hydrogen-bond donors (Lipinski definition) is 2. The van der Waals surface area contributed by atoms with Gasteiger partial charge in [-0.2, -0.15) is 0 Å². The molecule has 6 heteroatoms. The number of carbonyl (C=O) groups excluding carboxylic acids is 2. The molecule has 0 aromatic heterocycles. The first-order valence-corrected chi connectivity index (χ1v) is 12.3. The van der Waals surface area contributed by atoms with E-state index in [0.717, 1.165) is 21.9 Å². The molecule has 0 bridgehead atoms. The van der Waals surface area contributed by atoms with Crippen LogP contribution in [0, 0.1) is 5.41 Å². The van der Waals surface area contributed by atoms with E-state index in [4.69, 9.17) is 4.74 Å². The van der Waals surface area contributed by atoms with Crippen LogP contribution < -0.4 is 15.4 Å². The summed E-state index contributed by atoms with van der Waals surface area (Å²) in [5.41, 5.74) is 2.30. The average Bonchev–Trinajstić information content (AvgIpc) is 2.79. The first kappa shape index (κ1) is 25.4. The van der Waals surface area contributed by atoms with E-state index in [1.807, 2.05) is 107 Å². The molecule has 0 saturated carbocycles. The summed E-state index contributed by atoms with van der Waals surface area (Å²) in [5.74, 6) is 0.650. The standard InChI is InChI=1S/C28H32N2O3S/c1-5-33-23-15-11-22(12-16-23)30-27(32)26(20-9-7-6-8-10-20)34-24-17-13-21(14-18-24)29-25(31)19-28(2,3)4/h6-18,26H,5,19H2,1-4H3,(H,29,31)(H,30,32). The topological polar surface area (TPSA) is 67.4 Å². The van der Waals surface area contributed by atoms with Gasteiger partial charge in [0.25, 0.3) is 0 Å². The van der Waals surface area contributed by atoms with E-state index in [0.29, 0.717) is 18.7 Å². The van der Waals surface area contributed by atoms with Crippen molar-refractivity contribution in [3.8, 4) is 5.75 Å². The maximum atomic E-state index is 13.3. The van der Waals surface area contributed by atoms with Gasteiger partial charge in [-0.15, -0.1) is 11.8 Å². The summed E-state index contributed by atoms with van der Waals surface area (Å²) in [5, 5.41) is 5.52. The van der Waals surface area contributed by atoms with Crippen LogP contribution in [0.1, 0.15) is 44.9 Å². The molecule has 0 radical (unpaired) electrons. The van der Waals surface area contributed by atoms with Crippen molar-refractivity contribution in [1.29, 1.82) is 0 Å². The van der Waals surface area contributed by atoms with Gasteiger partial charge in [0.15, 0.2) is 0 Å². The molecule has 5 nitrogen and oxygen atoms in total. The Bertz CT molecular complexity index is 1080.